The van der Waals surface area contributed by atoms with E-state index < -0.39 is 10.8 Å². The molecule has 0 saturated heterocycles. The zero-order valence-corrected chi connectivity index (χ0v) is 28.3. The van der Waals surface area contributed by atoms with Gasteiger partial charge in [-0.05, 0) is 64.8 Å². The number of allylic oxidation sites excluding steroid dienone is 5. The first-order valence-electron chi connectivity index (χ1n) is 16.0. The lowest BCUT2D eigenvalue weighted by Gasteiger charge is -2.30. The number of hydrogen-bond acceptors (Lipinski definition) is 5. The van der Waals surface area contributed by atoms with Crippen molar-refractivity contribution in [1.29, 1.82) is 0 Å². The zero-order valence-electron chi connectivity index (χ0n) is 28.3. The molecule has 238 valence electrons. The highest BCUT2D eigenvalue weighted by atomic mass is 16.3. The van der Waals surface area contributed by atoms with Gasteiger partial charge >= 0.3 is 0 Å². The van der Waals surface area contributed by atoms with Gasteiger partial charge in [0.25, 0.3) is 0 Å². The number of nitrogens with one attached hydrogen (secondary N) is 2. The third-order valence-corrected chi connectivity index (χ3v) is 9.22. The molecule has 0 radical (unpaired) electrons. The lowest BCUT2D eigenvalue weighted by Crippen LogP contribution is -2.38. The van der Waals surface area contributed by atoms with Gasteiger partial charge in [-0.1, -0.05) is 41.5 Å². The highest BCUT2D eigenvalue weighted by Gasteiger charge is 2.40. The summed E-state index contributed by atoms with van der Waals surface area (Å²) >= 11 is 0. The average Bonchev–Trinajstić information content (AvgIpc) is 3.00. The Morgan fingerprint density at radius 3 is 1.91 bits per heavy atom. The molecule has 8 nitrogen and oxygen atoms in total. The SMILES string of the molecule is CCN(CC)c1ccc(C2=C(O)/C(=C3/C=CC(=[N+](CC)CC)C=C3NC(=O)C(C)(C)CC)C2=O)c(NC(=O)C(C)(C)CC)c1. The zero-order chi connectivity index (χ0) is 33.0. The molecular weight excluding hydrogens is 552 g/mol. The summed E-state index contributed by atoms with van der Waals surface area (Å²) in [6, 6.07) is 5.57. The van der Waals surface area contributed by atoms with Crippen LogP contribution in [0.15, 0.2) is 59.0 Å². The van der Waals surface area contributed by atoms with Crippen molar-refractivity contribution in [2.45, 2.75) is 82.1 Å². The summed E-state index contributed by atoms with van der Waals surface area (Å²) in [7, 11) is 0. The van der Waals surface area contributed by atoms with E-state index >= 15 is 0 Å². The summed E-state index contributed by atoms with van der Waals surface area (Å²) in [5.41, 5.74) is 2.76. The molecule has 1 aromatic rings. The van der Waals surface area contributed by atoms with E-state index in [0.717, 1.165) is 37.6 Å². The molecule has 44 heavy (non-hydrogen) atoms. The van der Waals surface area contributed by atoms with Crippen molar-refractivity contribution in [3.63, 3.8) is 0 Å². The van der Waals surface area contributed by atoms with Crippen molar-refractivity contribution in [2.24, 2.45) is 10.8 Å². The van der Waals surface area contributed by atoms with Crippen LogP contribution in [-0.4, -0.2) is 59.2 Å². The molecule has 2 amide bonds. The number of aliphatic hydroxyl groups is 1. The fourth-order valence-electron chi connectivity index (χ4n) is 5.08. The Labute approximate surface area is 263 Å². The topological polar surface area (TPSA) is 102 Å². The van der Waals surface area contributed by atoms with E-state index in [9.17, 15) is 19.5 Å². The molecule has 8 heteroatoms. The molecule has 0 saturated carbocycles. The maximum absolute atomic E-state index is 13.9. The van der Waals surface area contributed by atoms with Crippen molar-refractivity contribution < 1.29 is 24.1 Å². The number of amides is 2. The number of hydrogen-bond donors (Lipinski definition) is 3. The predicted molar refractivity (Wildman–Crippen MR) is 180 cm³/mol. The Morgan fingerprint density at radius 2 is 1.41 bits per heavy atom. The van der Waals surface area contributed by atoms with Gasteiger partial charge in [0.2, 0.25) is 23.3 Å². The Bertz CT molecular complexity index is 1480. The van der Waals surface area contributed by atoms with Crippen molar-refractivity contribution >= 4 is 40.3 Å². The Hall–Kier alpha value is -3.94. The monoisotopic (exact) mass is 603 g/mol. The van der Waals surface area contributed by atoms with Crippen LogP contribution in [0.2, 0.25) is 0 Å². The lowest BCUT2D eigenvalue weighted by atomic mass is 9.78. The fraction of sp³-hybridized carbons (Fsp3) is 0.500. The molecule has 3 rings (SSSR count). The fourth-order valence-corrected chi connectivity index (χ4v) is 5.08. The highest BCUT2D eigenvalue weighted by Crippen LogP contribution is 2.43. The van der Waals surface area contributed by atoms with Gasteiger partial charge in [0.1, 0.15) is 18.8 Å². The number of Topliss-reactive ketones (excluding diaryl/α,β-unsaturated/α-hetero) is 1. The van der Waals surface area contributed by atoms with Crippen LogP contribution in [0.3, 0.4) is 0 Å². The maximum Gasteiger partial charge on any atom is 0.230 e. The van der Waals surface area contributed by atoms with Crippen molar-refractivity contribution in [3.8, 4) is 0 Å². The van der Waals surface area contributed by atoms with Crippen LogP contribution in [0.25, 0.3) is 5.57 Å². The highest BCUT2D eigenvalue weighted by molar-refractivity contribution is 6.40. The lowest BCUT2D eigenvalue weighted by molar-refractivity contribution is -0.519. The molecule has 0 fully saturated rings. The maximum atomic E-state index is 13.9. The molecule has 2 aliphatic carbocycles. The van der Waals surface area contributed by atoms with Crippen LogP contribution in [0.4, 0.5) is 11.4 Å². The number of nitrogens with zero attached hydrogens (tertiary/aromatic N) is 2. The van der Waals surface area contributed by atoms with E-state index in [1.54, 1.807) is 12.1 Å². The summed E-state index contributed by atoms with van der Waals surface area (Å²) < 4.78 is 2.16. The summed E-state index contributed by atoms with van der Waals surface area (Å²) in [5.74, 6) is -0.824. The Balaban J connectivity index is 2.20. The smallest absolute Gasteiger partial charge is 0.230 e. The number of ketones is 1. The number of anilines is 2. The number of rotatable bonds is 12. The van der Waals surface area contributed by atoms with Crippen molar-refractivity contribution in [3.05, 3.63) is 64.6 Å². The summed E-state index contributed by atoms with van der Waals surface area (Å²) in [6.07, 6.45) is 6.85. The van der Waals surface area contributed by atoms with Gasteiger partial charge in [-0.15, -0.1) is 0 Å². The number of carbonyl (C=O) groups excluding carboxylic acids is 3. The first-order chi connectivity index (χ1) is 20.7. The van der Waals surface area contributed by atoms with E-state index in [-0.39, 0.29) is 34.5 Å². The van der Waals surface area contributed by atoms with Gasteiger partial charge in [-0.3, -0.25) is 14.4 Å². The van der Waals surface area contributed by atoms with Gasteiger partial charge in [-0.2, -0.15) is 0 Å². The Kier molecular flexibility index (Phi) is 10.8. The van der Waals surface area contributed by atoms with E-state index in [2.05, 4.69) is 47.8 Å². The van der Waals surface area contributed by atoms with Crippen LogP contribution >= 0.6 is 0 Å². The van der Waals surface area contributed by atoms with Crippen molar-refractivity contribution in [2.75, 3.05) is 36.4 Å². The third kappa shape index (κ3) is 6.74. The molecule has 0 heterocycles. The van der Waals surface area contributed by atoms with E-state index in [0.29, 0.717) is 35.4 Å². The Morgan fingerprint density at radius 1 is 0.841 bits per heavy atom. The second kappa shape index (κ2) is 13.8. The molecule has 0 aromatic heterocycles. The molecule has 3 N–H and O–H groups in total. The van der Waals surface area contributed by atoms with Crippen molar-refractivity contribution in [1.82, 2.24) is 5.32 Å². The minimum absolute atomic E-state index is 0.148. The van der Waals surface area contributed by atoms with Gasteiger partial charge in [-0.25, -0.2) is 4.58 Å². The van der Waals surface area contributed by atoms with E-state index in [1.165, 1.54) is 0 Å². The summed E-state index contributed by atoms with van der Waals surface area (Å²) in [4.78, 5) is 42.6. The predicted octanol–water partition coefficient (Wildman–Crippen LogP) is 6.56. The molecule has 1 aromatic carbocycles. The van der Waals surface area contributed by atoms with Crippen LogP contribution in [0, 0.1) is 10.8 Å². The molecule has 2 aliphatic rings. The molecule has 0 bridgehead atoms. The minimum atomic E-state index is -0.619. The van der Waals surface area contributed by atoms with Crippen LogP contribution < -0.4 is 15.5 Å². The first kappa shape index (κ1) is 34.5. The van der Waals surface area contributed by atoms with Gasteiger partial charge in [0, 0.05) is 52.9 Å². The molecule has 0 spiro atoms. The number of aliphatic hydroxyl groups excluding tert-OH is 1. The third-order valence-electron chi connectivity index (χ3n) is 9.22. The molecule has 0 unspecified atom stereocenters. The van der Waals surface area contributed by atoms with Gasteiger partial charge in [0.15, 0.2) is 0 Å². The molecule has 0 atom stereocenters. The number of carbonyl (C=O) groups is 3. The normalized spacial score (nSPS) is 16.9. The summed E-state index contributed by atoms with van der Waals surface area (Å²) in [5, 5.41) is 17.6. The van der Waals surface area contributed by atoms with E-state index in [1.807, 2.05) is 65.8 Å². The standard InChI is InChI=1S/C36H50N4O4/c1-11-35(7,8)33(43)37-27-21-23(39(13-3)14-4)17-19-25(27)29-31(41)30(32(29)42)26-20-18-24(40(15-5)16-6)22-28(26)38-34(44)36(9,10)12-2/h17-22H,11-16H2,1-10H3,(H2,37,38,41,42,43,44)/p+1. The molecule has 0 aliphatic heterocycles. The average molecular weight is 604 g/mol. The van der Waals surface area contributed by atoms with Crippen LogP contribution in [0.5, 0.6) is 0 Å². The molecular formula is C36H51N4O4+. The minimum Gasteiger partial charge on any atom is -0.506 e. The summed E-state index contributed by atoms with van der Waals surface area (Å²) in [6.45, 7) is 22.8. The first-order valence-corrected chi connectivity index (χ1v) is 16.0. The largest absolute Gasteiger partial charge is 0.506 e. The van der Waals surface area contributed by atoms with E-state index in [4.69, 9.17) is 0 Å². The van der Waals surface area contributed by atoms with Gasteiger partial charge < -0.3 is 20.6 Å². The van der Waals surface area contributed by atoms with Crippen LogP contribution in [0.1, 0.15) is 87.6 Å². The second-order valence-corrected chi connectivity index (χ2v) is 12.6. The second-order valence-electron chi connectivity index (χ2n) is 12.6. The number of benzene rings is 1. The quantitative estimate of drug-likeness (QED) is 0.186. The van der Waals surface area contributed by atoms with Gasteiger partial charge in [0.05, 0.1) is 22.5 Å². The van der Waals surface area contributed by atoms with Crippen LogP contribution in [-0.2, 0) is 14.4 Å².